The fraction of sp³-hybridized carbons (Fsp3) is 0.350. The largest absolute Gasteiger partial charge is 0.493 e. The fourth-order valence-corrected chi connectivity index (χ4v) is 2.58. The summed E-state index contributed by atoms with van der Waals surface area (Å²) < 4.78 is 15.9. The molecular formula is C20H25NO4. The number of methoxy groups -OCH3 is 3. The van der Waals surface area contributed by atoms with Crippen LogP contribution in [-0.4, -0.2) is 27.2 Å². The molecule has 1 amide bonds. The highest BCUT2D eigenvalue weighted by Gasteiger charge is 2.15. The van der Waals surface area contributed by atoms with Gasteiger partial charge < -0.3 is 19.5 Å². The highest BCUT2D eigenvalue weighted by molar-refractivity contribution is 5.92. The van der Waals surface area contributed by atoms with Crippen LogP contribution in [-0.2, 0) is 11.2 Å². The Morgan fingerprint density at radius 2 is 1.52 bits per heavy atom. The Hall–Kier alpha value is -2.69. The van der Waals surface area contributed by atoms with Crippen LogP contribution in [0.15, 0.2) is 36.4 Å². The van der Waals surface area contributed by atoms with Crippen LogP contribution >= 0.6 is 0 Å². The normalized spacial score (nSPS) is 10.5. The van der Waals surface area contributed by atoms with Gasteiger partial charge in [-0.3, -0.25) is 4.79 Å². The second-order valence-corrected chi connectivity index (χ2v) is 6.04. The zero-order valence-electron chi connectivity index (χ0n) is 15.4. The average molecular weight is 343 g/mol. The highest BCUT2D eigenvalue weighted by Crippen LogP contribution is 2.38. The summed E-state index contributed by atoms with van der Waals surface area (Å²) in [6.07, 6.45) is 0.211. The van der Waals surface area contributed by atoms with Crippen LogP contribution < -0.4 is 19.5 Å². The molecule has 0 aliphatic heterocycles. The lowest BCUT2D eigenvalue weighted by Crippen LogP contribution is -2.14. The van der Waals surface area contributed by atoms with Gasteiger partial charge in [0, 0.05) is 5.69 Å². The summed E-state index contributed by atoms with van der Waals surface area (Å²) in [7, 11) is 4.66. The second kappa shape index (κ2) is 8.42. The Labute approximate surface area is 148 Å². The summed E-state index contributed by atoms with van der Waals surface area (Å²) in [5, 5.41) is 2.91. The van der Waals surface area contributed by atoms with E-state index in [0.717, 1.165) is 11.3 Å². The molecule has 1 N–H and O–H groups in total. The van der Waals surface area contributed by atoms with E-state index < -0.39 is 0 Å². The van der Waals surface area contributed by atoms with E-state index in [-0.39, 0.29) is 12.3 Å². The molecule has 2 aromatic rings. The number of benzene rings is 2. The quantitative estimate of drug-likeness (QED) is 0.825. The minimum atomic E-state index is -0.105. The van der Waals surface area contributed by atoms with Crippen molar-refractivity contribution in [3.05, 3.63) is 47.5 Å². The van der Waals surface area contributed by atoms with Crippen molar-refractivity contribution >= 4 is 11.6 Å². The van der Waals surface area contributed by atoms with Gasteiger partial charge in [-0.25, -0.2) is 0 Å². The van der Waals surface area contributed by atoms with E-state index in [1.807, 2.05) is 24.3 Å². The molecule has 0 atom stereocenters. The first-order valence-corrected chi connectivity index (χ1v) is 8.17. The van der Waals surface area contributed by atoms with Gasteiger partial charge in [0.2, 0.25) is 11.7 Å². The fourth-order valence-electron chi connectivity index (χ4n) is 2.58. The molecule has 0 saturated carbocycles. The van der Waals surface area contributed by atoms with Crippen molar-refractivity contribution < 1.29 is 19.0 Å². The Bertz CT molecular complexity index is 698. The standard InChI is InChI=1S/C20H25NO4/c1-13(2)15-6-8-16(9-7-15)21-19(22)12-14-10-17(23-3)20(25-5)18(11-14)24-4/h6-11,13H,12H2,1-5H3,(H,21,22). The summed E-state index contributed by atoms with van der Waals surface area (Å²) in [5.41, 5.74) is 2.80. The molecule has 0 spiro atoms. The molecular weight excluding hydrogens is 318 g/mol. The number of ether oxygens (including phenoxy) is 3. The van der Waals surface area contributed by atoms with Crippen molar-refractivity contribution in [3.63, 3.8) is 0 Å². The van der Waals surface area contributed by atoms with Gasteiger partial charge in [0.1, 0.15) is 0 Å². The summed E-state index contributed by atoms with van der Waals surface area (Å²) in [4.78, 5) is 12.3. The average Bonchev–Trinajstić information content (AvgIpc) is 2.61. The number of carbonyl (C=O) groups is 1. The Balaban J connectivity index is 2.12. The molecule has 0 saturated heterocycles. The number of nitrogens with one attached hydrogen (secondary N) is 1. The van der Waals surface area contributed by atoms with Gasteiger partial charge in [-0.2, -0.15) is 0 Å². The molecule has 25 heavy (non-hydrogen) atoms. The molecule has 0 aliphatic carbocycles. The maximum atomic E-state index is 12.3. The minimum absolute atomic E-state index is 0.105. The van der Waals surface area contributed by atoms with E-state index in [1.54, 1.807) is 33.5 Å². The number of rotatable bonds is 7. The minimum Gasteiger partial charge on any atom is -0.493 e. The molecule has 5 nitrogen and oxygen atoms in total. The predicted molar refractivity (Wildman–Crippen MR) is 99.0 cm³/mol. The molecule has 0 radical (unpaired) electrons. The summed E-state index contributed by atoms with van der Waals surface area (Å²) in [6.45, 7) is 4.27. The monoisotopic (exact) mass is 343 g/mol. The molecule has 0 aromatic heterocycles. The van der Waals surface area contributed by atoms with Gasteiger partial charge in [-0.15, -0.1) is 0 Å². The maximum Gasteiger partial charge on any atom is 0.228 e. The van der Waals surface area contributed by atoms with Crippen molar-refractivity contribution in [2.45, 2.75) is 26.2 Å². The second-order valence-electron chi connectivity index (χ2n) is 6.04. The Kier molecular flexibility index (Phi) is 6.28. The van der Waals surface area contributed by atoms with Gasteiger partial charge in [0.05, 0.1) is 27.8 Å². The van der Waals surface area contributed by atoms with Gasteiger partial charge in [0.15, 0.2) is 11.5 Å². The molecule has 0 bridgehead atoms. The van der Waals surface area contributed by atoms with Crippen molar-refractivity contribution in [2.75, 3.05) is 26.6 Å². The number of anilines is 1. The van der Waals surface area contributed by atoms with E-state index in [9.17, 15) is 4.79 Å². The van der Waals surface area contributed by atoms with E-state index in [4.69, 9.17) is 14.2 Å². The molecule has 2 rings (SSSR count). The lowest BCUT2D eigenvalue weighted by molar-refractivity contribution is -0.115. The van der Waals surface area contributed by atoms with E-state index in [1.165, 1.54) is 5.56 Å². The van der Waals surface area contributed by atoms with Crippen molar-refractivity contribution in [2.24, 2.45) is 0 Å². The van der Waals surface area contributed by atoms with Crippen molar-refractivity contribution in [3.8, 4) is 17.2 Å². The maximum absolute atomic E-state index is 12.3. The van der Waals surface area contributed by atoms with Gasteiger partial charge in [-0.1, -0.05) is 26.0 Å². The summed E-state index contributed by atoms with van der Waals surface area (Å²) in [6, 6.07) is 11.5. The van der Waals surface area contributed by atoms with E-state index in [0.29, 0.717) is 23.2 Å². The zero-order valence-corrected chi connectivity index (χ0v) is 15.4. The molecule has 2 aromatic carbocycles. The van der Waals surface area contributed by atoms with Crippen LogP contribution in [0.25, 0.3) is 0 Å². The lowest BCUT2D eigenvalue weighted by atomic mass is 10.0. The third-order valence-electron chi connectivity index (χ3n) is 3.95. The van der Waals surface area contributed by atoms with Crippen LogP contribution in [0.2, 0.25) is 0 Å². The van der Waals surface area contributed by atoms with Crippen molar-refractivity contribution in [1.29, 1.82) is 0 Å². The first kappa shape index (κ1) is 18.6. The van der Waals surface area contributed by atoms with Crippen LogP contribution in [0.3, 0.4) is 0 Å². The van der Waals surface area contributed by atoms with Crippen LogP contribution in [0.1, 0.15) is 30.9 Å². The number of hydrogen-bond donors (Lipinski definition) is 1. The van der Waals surface area contributed by atoms with Gasteiger partial charge in [0.25, 0.3) is 0 Å². The van der Waals surface area contributed by atoms with Crippen LogP contribution in [0, 0.1) is 0 Å². The Morgan fingerprint density at radius 1 is 0.960 bits per heavy atom. The molecule has 5 heteroatoms. The molecule has 0 aliphatic rings. The van der Waals surface area contributed by atoms with Crippen LogP contribution in [0.5, 0.6) is 17.2 Å². The first-order chi connectivity index (χ1) is 12.0. The van der Waals surface area contributed by atoms with E-state index >= 15 is 0 Å². The molecule has 0 heterocycles. The highest BCUT2D eigenvalue weighted by atomic mass is 16.5. The van der Waals surface area contributed by atoms with Gasteiger partial charge >= 0.3 is 0 Å². The summed E-state index contributed by atoms with van der Waals surface area (Å²) >= 11 is 0. The van der Waals surface area contributed by atoms with Gasteiger partial charge in [-0.05, 0) is 41.3 Å². The molecule has 0 fully saturated rings. The molecule has 0 unspecified atom stereocenters. The topological polar surface area (TPSA) is 56.8 Å². The third kappa shape index (κ3) is 4.66. The lowest BCUT2D eigenvalue weighted by Gasteiger charge is -2.14. The molecule has 134 valence electrons. The summed E-state index contributed by atoms with van der Waals surface area (Å²) in [5.74, 6) is 1.94. The SMILES string of the molecule is COc1cc(CC(=O)Nc2ccc(C(C)C)cc2)cc(OC)c1OC. The number of hydrogen-bond acceptors (Lipinski definition) is 4. The number of carbonyl (C=O) groups excluding carboxylic acids is 1. The van der Waals surface area contributed by atoms with Crippen LogP contribution in [0.4, 0.5) is 5.69 Å². The zero-order chi connectivity index (χ0) is 18.4. The number of amides is 1. The van der Waals surface area contributed by atoms with Crippen molar-refractivity contribution in [1.82, 2.24) is 0 Å². The Morgan fingerprint density at radius 3 is 1.96 bits per heavy atom. The van der Waals surface area contributed by atoms with E-state index in [2.05, 4.69) is 19.2 Å². The smallest absolute Gasteiger partial charge is 0.228 e. The third-order valence-corrected chi connectivity index (χ3v) is 3.95. The predicted octanol–water partition coefficient (Wildman–Crippen LogP) is 4.02. The first-order valence-electron chi connectivity index (χ1n) is 8.17.